The lowest BCUT2D eigenvalue weighted by Crippen LogP contribution is -2.51. The van der Waals surface area contributed by atoms with E-state index in [1.807, 2.05) is 30.3 Å². The van der Waals surface area contributed by atoms with E-state index in [0.29, 0.717) is 38.0 Å². The van der Waals surface area contributed by atoms with Crippen molar-refractivity contribution in [3.8, 4) is 11.5 Å². The Morgan fingerprint density at radius 3 is 2.35 bits per heavy atom. The second-order valence-corrected chi connectivity index (χ2v) is 7.82. The van der Waals surface area contributed by atoms with Gasteiger partial charge in [0.1, 0.15) is 6.04 Å². The molecule has 9 heteroatoms. The highest BCUT2D eigenvalue weighted by Crippen LogP contribution is 2.26. The van der Waals surface area contributed by atoms with E-state index in [1.165, 1.54) is 14.2 Å². The zero-order valence-electron chi connectivity index (χ0n) is 19.5. The number of carboxylic acid groups (broad SMARTS) is 1. The van der Waals surface area contributed by atoms with Crippen molar-refractivity contribution in [1.29, 1.82) is 0 Å². The van der Waals surface area contributed by atoms with Crippen LogP contribution in [0.1, 0.15) is 30.4 Å². The van der Waals surface area contributed by atoms with Crippen LogP contribution >= 0.6 is 0 Å². The Morgan fingerprint density at radius 1 is 0.971 bits per heavy atom. The van der Waals surface area contributed by atoms with Crippen molar-refractivity contribution >= 4 is 17.8 Å². The van der Waals surface area contributed by atoms with E-state index in [-0.39, 0.29) is 5.75 Å². The fourth-order valence-corrected chi connectivity index (χ4v) is 3.50. The number of aromatic hydroxyl groups is 1. The van der Waals surface area contributed by atoms with Crippen molar-refractivity contribution in [3.05, 3.63) is 59.7 Å². The predicted molar refractivity (Wildman–Crippen MR) is 126 cm³/mol. The van der Waals surface area contributed by atoms with Gasteiger partial charge in [-0.05, 0) is 55.5 Å². The second-order valence-electron chi connectivity index (χ2n) is 7.82. The summed E-state index contributed by atoms with van der Waals surface area (Å²) in [6.07, 6.45) is 1.70. The van der Waals surface area contributed by atoms with Gasteiger partial charge in [-0.3, -0.25) is 9.59 Å². The molecule has 0 saturated heterocycles. The van der Waals surface area contributed by atoms with Crippen LogP contribution < -0.4 is 15.4 Å². The zero-order chi connectivity index (χ0) is 24.9. The molecule has 2 atom stereocenters. The first-order valence-corrected chi connectivity index (χ1v) is 11.1. The molecule has 0 heterocycles. The molecule has 0 spiro atoms. The fraction of sp³-hybridized carbons (Fsp3) is 0.400. The number of phenolic OH excluding ortho intramolecular Hbond substituents is 1. The third-order valence-corrected chi connectivity index (χ3v) is 5.34. The van der Waals surface area contributed by atoms with E-state index in [0.717, 1.165) is 11.1 Å². The fourth-order valence-electron chi connectivity index (χ4n) is 3.50. The molecule has 0 saturated carbocycles. The monoisotopic (exact) mass is 472 g/mol. The van der Waals surface area contributed by atoms with Gasteiger partial charge in [0.2, 0.25) is 5.91 Å². The summed E-state index contributed by atoms with van der Waals surface area (Å²) in [4.78, 5) is 36.3. The second kappa shape index (κ2) is 13.8. The molecule has 0 bridgehead atoms. The number of carbonyl (C=O) groups is 3. The van der Waals surface area contributed by atoms with E-state index >= 15 is 0 Å². The average molecular weight is 473 g/mol. The smallest absolute Gasteiger partial charge is 0.328 e. The molecule has 0 aromatic heterocycles. The molecule has 0 aliphatic heterocycles. The van der Waals surface area contributed by atoms with E-state index in [4.69, 9.17) is 9.47 Å². The molecule has 0 fully saturated rings. The molecule has 1 unspecified atom stereocenters. The van der Waals surface area contributed by atoms with Crippen molar-refractivity contribution in [3.63, 3.8) is 0 Å². The van der Waals surface area contributed by atoms with Gasteiger partial charge in [-0.1, -0.05) is 36.4 Å². The third kappa shape index (κ3) is 8.74. The van der Waals surface area contributed by atoms with Gasteiger partial charge in [-0.25, -0.2) is 4.79 Å². The van der Waals surface area contributed by atoms with Crippen molar-refractivity contribution in [1.82, 2.24) is 10.6 Å². The highest BCUT2D eigenvalue weighted by atomic mass is 16.5. The minimum atomic E-state index is -1.13. The van der Waals surface area contributed by atoms with Gasteiger partial charge in [0.15, 0.2) is 11.5 Å². The normalized spacial score (nSPS) is 12.4. The van der Waals surface area contributed by atoms with Crippen molar-refractivity contribution in [2.45, 2.75) is 44.2 Å². The maximum Gasteiger partial charge on any atom is 0.328 e. The zero-order valence-corrected chi connectivity index (χ0v) is 19.5. The summed E-state index contributed by atoms with van der Waals surface area (Å²) >= 11 is 0. The summed E-state index contributed by atoms with van der Waals surface area (Å²) in [5.74, 6) is -1.86. The van der Waals surface area contributed by atoms with E-state index in [1.54, 1.807) is 18.2 Å². The highest BCUT2D eigenvalue weighted by molar-refractivity contribution is 5.90. The lowest BCUT2D eigenvalue weighted by molar-refractivity contribution is -0.145. The maximum absolute atomic E-state index is 12.8. The molecule has 0 aliphatic carbocycles. The molecule has 2 aromatic carbocycles. The number of amides is 1. The van der Waals surface area contributed by atoms with Gasteiger partial charge in [0, 0.05) is 0 Å². The number of aryl methyl sites for hydroxylation is 2. The Balaban J connectivity index is 1.93. The van der Waals surface area contributed by atoms with Crippen LogP contribution in [0.15, 0.2) is 48.5 Å². The summed E-state index contributed by atoms with van der Waals surface area (Å²) in [5, 5.41) is 24.5. The Morgan fingerprint density at radius 2 is 1.71 bits per heavy atom. The number of aliphatic carboxylic acids is 1. The van der Waals surface area contributed by atoms with E-state index < -0.39 is 36.4 Å². The van der Waals surface area contributed by atoms with Crippen molar-refractivity contribution in [2.24, 2.45) is 0 Å². The Hall–Kier alpha value is -3.59. The SMILES string of the molecule is COC(=O)C(CCc1ccccc1)NC(=O)[C@H](CC(=O)O)NCCCc1ccc(O)c(OC)c1. The molecule has 184 valence electrons. The average Bonchev–Trinajstić information content (AvgIpc) is 2.84. The molecule has 2 rings (SSSR count). The molecule has 9 nitrogen and oxygen atoms in total. The van der Waals surface area contributed by atoms with Gasteiger partial charge in [0.05, 0.1) is 26.7 Å². The van der Waals surface area contributed by atoms with Crippen LogP contribution in [0, 0.1) is 0 Å². The van der Waals surface area contributed by atoms with Crippen LogP contribution in [0.2, 0.25) is 0 Å². The van der Waals surface area contributed by atoms with Crippen LogP contribution in [0.3, 0.4) is 0 Å². The molecule has 4 N–H and O–H groups in total. The van der Waals surface area contributed by atoms with E-state index in [9.17, 15) is 24.6 Å². The van der Waals surface area contributed by atoms with Crippen LogP contribution in [0.4, 0.5) is 0 Å². The van der Waals surface area contributed by atoms with Crippen LogP contribution in [-0.2, 0) is 32.0 Å². The summed E-state index contributed by atoms with van der Waals surface area (Å²) < 4.78 is 9.92. The molecule has 2 aromatic rings. The number of nitrogens with one attached hydrogen (secondary N) is 2. The van der Waals surface area contributed by atoms with Crippen LogP contribution in [0.25, 0.3) is 0 Å². The number of phenols is 1. The molecular weight excluding hydrogens is 440 g/mol. The largest absolute Gasteiger partial charge is 0.504 e. The lowest BCUT2D eigenvalue weighted by atomic mass is 10.0. The summed E-state index contributed by atoms with van der Waals surface area (Å²) in [5.41, 5.74) is 1.94. The number of hydrogen-bond donors (Lipinski definition) is 4. The number of carbonyl (C=O) groups excluding carboxylic acids is 2. The third-order valence-electron chi connectivity index (χ3n) is 5.34. The molecule has 34 heavy (non-hydrogen) atoms. The summed E-state index contributed by atoms with van der Waals surface area (Å²) in [6, 6.07) is 12.7. The minimum Gasteiger partial charge on any atom is -0.504 e. The Kier molecular flexibility index (Phi) is 10.9. The van der Waals surface area contributed by atoms with Gasteiger partial charge in [-0.15, -0.1) is 0 Å². The number of ether oxygens (including phenoxy) is 2. The van der Waals surface area contributed by atoms with Crippen molar-refractivity contribution in [2.75, 3.05) is 20.8 Å². The van der Waals surface area contributed by atoms with Gasteiger partial charge in [0.25, 0.3) is 0 Å². The van der Waals surface area contributed by atoms with Gasteiger partial charge < -0.3 is 30.3 Å². The summed E-state index contributed by atoms with van der Waals surface area (Å²) in [6.45, 7) is 0.376. The maximum atomic E-state index is 12.8. The minimum absolute atomic E-state index is 0.0509. The molecule has 0 aliphatic rings. The topological polar surface area (TPSA) is 134 Å². The number of hydrogen-bond acceptors (Lipinski definition) is 7. The first-order chi connectivity index (χ1) is 16.3. The number of methoxy groups -OCH3 is 2. The number of rotatable bonds is 14. The molecule has 1 amide bonds. The van der Waals surface area contributed by atoms with Crippen molar-refractivity contribution < 1.29 is 34.1 Å². The van der Waals surface area contributed by atoms with Crippen LogP contribution in [-0.4, -0.2) is 60.9 Å². The molecule has 0 radical (unpaired) electrons. The standard InChI is InChI=1S/C25H32N2O7/c1-33-22-15-18(11-13-21(22)28)9-6-14-26-20(16-23(29)30)24(31)27-19(25(32)34-2)12-10-17-7-4-3-5-8-17/h3-5,7-8,11,13,15,19-20,26,28H,6,9-10,12,14,16H2,1-2H3,(H,27,31)(H,29,30)/t19?,20-/m0/s1. The molecular formula is C25H32N2O7. The quantitative estimate of drug-likeness (QED) is 0.242. The number of carboxylic acids is 1. The lowest BCUT2D eigenvalue weighted by Gasteiger charge is -2.21. The van der Waals surface area contributed by atoms with Gasteiger partial charge in [-0.2, -0.15) is 0 Å². The summed E-state index contributed by atoms with van der Waals surface area (Å²) in [7, 11) is 2.71. The van der Waals surface area contributed by atoms with Crippen LogP contribution in [0.5, 0.6) is 11.5 Å². The van der Waals surface area contributed by atoms with E-state index in [2.05, 4.69) is 10.6 Å². The Bertz CT molecular complexity index is 950. The van der Waals surface area contributed by atoms with Gasteiger partial charge >= 0.3 is 11.9 Å². The first-order valence-electron chi connectivity index (χ1n) is 11.1. The Labute approximate surface area is 199 Å². The highest BCUT2D eigenvalue weighted by Gasteiger charge is 2.27. The number of benzene rings is 2. The first kappa shape index (κ1) is 26.7. The number of esters is 1. The predicted octanol–water partition coefficient (Wildman–Crippen LogP) is 2.06.